The van der Waals surface area contributed by atoms with Crippen molar-refractivity contribution in [2.75, 3.05) is 10.6 Å². The lowest BCUT2D eigenvalue weighted by atomic mass is 9.99. The summed E-state index contributed by atoms with van der Waals surface area (Å²) in [4.78, 5) is 33.8. The fraction of sp³-hybridized carbons (Fsp3) is 0.185. The SMILES string of the molecule is Cn1cc(-c2cccc(NC(=O)c3ccc(C4CC4)cc3)c2CO)cc(Nc2cnccn2)c1=O. The Labute approximate surface area is 202 Å². The van der Waals surface area contributed by atoms with Crippen molar-refractivity contribution in [3.63, 3.8) is 0 Å². The number of rotatable bonds is 7. The zero-order chi connectivity index (χ0) is 24.4. The van der Waals surface area contributed by atoms with E-state index in [4.69, 9.17) is 0 Å². The summed E-state index contributed by atoms with van der Waals surface area (Å²) in [5.74, 6) is 0.822. The van der Waals surface area contributed by atoms with E-state index in [1.54, 1.807) is 37.6 Å². The summed E-state index contributed by atoms with van der Waals surface area (Å²) < 4.78 is 1.46. The van der Waals surface area contributed by atoms with E-state index >= 15 is 0 Å². The highest BCUT2D eigenvalue weighted by atomic mass is 16.3. The van der Waals surface area contributed by atoms with Crippen molar-refractivity contribution in [3.8, 4) is 11.1 Å². The lowest BCUT2D eigenvalue weighted by molar-refractivity contribution is 0.102. The smallest absolute Gasteiger partial charge is 0.274 e. The minimum Gasteiger partial charge on any atom is -0.392 e. The number of carbonyl (C=O) groups is 1. The third-order valence-corrected chi connectivity index (χ3v) is 6.12. The first-order chi connectivity index (χ1) is 17.0. The van der Waals surface area contributed by atoms with Crippen LogP contribution in [0.25, 0.3) is 11.1 Å². The minimum absolute atomic E-state index is 0.232. The quantitative estimate of drug-likeness (QED) is 0.376. The van der Waals surface area contributed by atoms with Gasteiger partial charge in [-0.1, -0.05) is 24.3 Å². The summed E-state index contributed by atoms with van der Waals surface area (Å²) >= 11 is 0. The highest BCUT2D eigenvalue weighted by Gasteiger charge is 2.23. The average Bonchev–Trinajstić information content (AvgIpc) is 3.73. The number of anilines is 3. The van der Waals surface area contributed by atoms with Crippen LogP contribution in [0.15, 0.2) is 78.1 Å². The van der Waals surface area contributed by atoms with E-state index in [9.17, 15) is 14.7 Å². The number of pyridine rings is 1. The van der Waals surface area contributed by atoms with E-state index in [1.807, 2.05) is 30.3 Å². The van der Waals surface area contributed by atoms with E-state index in [0.29, 0.717) is 45.4 Å². The highest BCUT2D eigenvalue weighted by Crippen LogP contribution is 2.40. The third kappa shape index (κ3) is 4.83. The molecular formula is C27H25N5O3. The Balaban J connectivity index is 1.46. The molecule has 0 unspecified atom stereocenters. The van der Waals surface area contributed by atoms with Crippen LogP contribution in [0.4, 0.5) is 17.2 Å². The van der Waals surface area contributed by atoms with Crippen LogP contribution in [-0.4, -0.2) is 25.5 Å². The lowest BCUT2D eigenvalue weighted by Gasteiger charge is -2.16. The first-order valence-electron chi connectivity index (χ1n) is 11.4. The Morgan fingerprint density at radius 1 is 1.11 bits per heavy atom. The normalized spacial score (nSPS) is 12.9. The molecule has 2 aromatic carbocycles. The Morgan fingerprint density at radius 2 is 1.91 bits per heavy atom. The number of amides is 1. The van der Waals surface area contributed by atoms with E-state index in [0.717, 1.165) is 0 Å². The van der Waals surface area contributed by atoms with Crippen molar-refractivity contribution in [3.05, 3.63) is 100 Å². The number of carbonyl (C=O) groups excluding carboxylic acids is 1. The number of aromatic nitrogens is 3. The molecule has 0 bridgehead atoms. The zero-order valence-corrected chi connectivity index (χ0v) is 19.2. The van der Waals surface area contributed by atoms with Crippen LogP contribution in [-0.2, 0) is 13.7 Å². The number of aliphatic hydroxyl groups excluding tert-OH is 1. The number of nitrogens with zero attached hydrogens (tertiary/aromatic N) is 3. The summed E-state index contributed by atoms with van der Waals surface area (Å²) in [7, 11) is 1.66. The van der Waals surface area contributed by atoms with Crippen LogP contribution in [0.5, 0.6) is 0 Å². The summed E-state index contributed by atoms with van der Waals surface area (Å²) in [6.07, 6.45) is 8.72. The maximum absolute atomic E-state index is 12.9. The van der Waals surface area contributed by atoms with E-state index < -0.39 is 0 Å². The first kappa shape index (κ1) is 22.5. The van der Waals surface area contributed by atoms with Crippen LogP contribution in [0.2, 0.25) is 0 Å². The fourth-order valence-electron chi connectivity index (χ4n) is 4.11. The van der Waals surface area contributed by atoms with Gasteiger partial charge in [0.25, 0.3) is 11.5 Å². The summed E-state index contributed by atoms with van der Waals surface area (Å²) in [6.45, 7) is -0.290. The number of benzene rings is 2. The molecule has 8 nitrogen and oxygen atoms in total. The van der Waals surface area contributed by atoms with Crippen LogP contribution in [0, 0.1) is 0 Å². The van der Waals surface area contributed by atoms with Crippen LogP contribution in [0.1, 0.15) is 40.2 Å². The van der Waals surface area contributed by atoms with Gasteiger partial charge in [-0.05, 0) is 54.2 Å². The van der Waals surface area contributed by atoms with E-state index in [1.165, 1.54) is 35.4 Å². The fourth-order valence-corrected chi connectivity index (χ4v) is 4.11. The molecule has 35 heavy (non-hydrogen) atoms. The molecular weight excluding hydrogens is 442 g/mol. The number of aryl methyl sites for hydroxylation is 1. The number of aliphatic hydroxyl groups is 1. The molecule has 1 fully saturated rings. The van der Waals surface area contributed by atoms with Gasteiger partial charge in [0.2, 0.25) is 0 Å². The van der Waals surface area contributed by atoms with Crippen molar-refractivity contribution in [1.82, 2.24) is 14.5 Å². The second kappa shape index (κ2) is 9.52. The summed E-state index contributed by atoms with van der Waals surface area (Å²) in [6, 6.07) is 14.8. The van der Waals surface area contributed by atoms with Crippen LogP contribution >= 0.6 is 0 Å². The predicted octanol–water partition coefficient (Wildman–Crippen LogP) is 4.21. The maximum Gasteiger partial charge on any atom is 0.274 e. The molecule has 1 aliphatic carbocycles. The largest absolute Gasteiger partial charge is 0.392 e. The summed E-state index contributed by atoms with van der Waals surface area (Å²) in [5, 5.41) is 16.2. The molecule has 4 aromatic rings. The van der Waals surface area contributed by atoms with Crippen molar-refractivity contribution in [2.24, 2.45) is 7.05 Å². The van der Waals surface area contributed by atoms with Gasteiger partial charge < -0.3 is 20.3 Å². The molecule has 2 heterocycles. The van der Waals surface area contributed by atoms with E-state index in [2.05, 4.69) is 20.6 Å². The van der Waals surface area contributed by atoms with Gasteiger partial charge in [0, 0.05) is 48.0 Å². The van der Waals surface area contributed by atoms with Gasteiger partial charge in [-0.3, -0.25) is 14.6 Å². The maximum atomic E-state index is 12.9. The number of hydrogen-bond acceptors (Lipinski definition) is 6. The second-order valence-electron chi connectivity index (χ2n) is 8.61. The van der Waals surface area contributed by atoms with Gasteiger partial charge in [0.1, 0.15) is 11.5 Å². The molecule has 0 aliphatic heterocycles. The Morgan fingerprint density at radius 3 is 2.60 bits per heavy atom. The Bertz CT molecular complexity index is 1430. The second-order valence-corrected chi connectivity index (χ2v) is 8.61. The van der Waals surface area contributed by atoms with E-state index in [-0.39, 0.29) is 18.1 Å². The first-order valence-corrected chi connectivity index (χ1v) is 11.4. The zero-order valence-electron chi connectivity index (χ0n) is 19.2. The Kier molecular flexibility index (Phi) is 6.12. The molecule has 1 saturated carbocycles. The minimum atomic E-state index is -0.290. The van der Waals surface area contributed by atoms with Crippen molar-refractivity contribution in [1.29, 1.82) is 0 Å². The van der Waals surface area contributed by atoms with Gasteiger partial charge >= 0.3 is 0 Å². The molecule has 5 rings (SSSR count). The van der Waals surface area contributed by atoms with Crippen molar-refractivity contribution >= 4 is 23.1 Å². The summed E-state index contributed by atoms with van der Waals surface area (Å²) in [5.41, 5.74) is 4.38. The third-order valence-electron chi connectivity index (χ3n) is 6.12. The molecule has 8 heteroatoms. The molecule has 0 atom stereocenters. The van der Waals surface area contributed by atoms with Crippen molar-refractivity contribution in [2.45, 2.75) is 25.4 Å². The van der Waals surface area contributed by atoms with Crippen molar-refractivity contribution < 1.29 is 9.90 Å². The molecule has 0 saturated heterocycles. The molecule has 176 valence electrons. The molecule has 2 aromatic heterocycles. The topological polar surface area (TPSA) is 109 Å². The lowest BCUT2D eigenvalue weighted by Crippen LogP contribution is -2.20. The number of nitrogens with one attached hydrogen (secondary N) is 2. The Hall–Kier alpha value is -4.30. The monoisotopic (exact) mass is 467 g/mol. The van der Waals surface area contributed by atoms with Gasteiger partial charge in [-0.2, -0.15) is 0 Å². The molecule has 0 radical (unpaired) electrons. The van der Waals surface area contributed by atoms with Crippen LogP contribution < -0.4 is 16.2 Å². The molecule has 1 aliphatic rings. The van der Waals surface area contributed by atoms with Gasteiger partial charge in [0.15, 0.2) is 0 Å². The van der Waals surface area contributed by atoms with Gasteiger partial charge in [-0.25, -0.2) is 4.98 Å². The molecule has 0 spiro atoms. The van der Waals surface area contributed by atoms with Gasteiger partial charge in [-0.15, -0.1) is 0 Å². The molecule has 3 N–H and O–H groups in total. The highest BCUT2D eigenvalue weighted by molar-refractivity contribution is 6.05. The van der Waals surface area contributed by atoms with Crippen LogP contribution in [0.3, 0.4) is 0 Å². The average molecular weight is 468 g/mol. The predicted molar refractivity (Wildman–Crippen MR) is 135 cm³/mol. The van der Waals surface area contributed by atoms with Gasteiger partial charge in [0.05, 0.1) is 12.8 Å². The molecule has 1 amide bonds. The number of hydrogen-bond donors (Lipinski definition) is 3. The standard InChI is InChI=1S/C27H25N5O3/c1-32-15-20(13-24(27(32)35)30-25-14-28-11-12-29-25)21-3-2-4-23(22(21)16-33)31-26(34)19-9-7-18(8-10-19)17-5-6-17/h2-4,7-15,17,33H,5-6,16H2,1H3,(H,29,30)(H,31,34).